The number of aliphatic hydroxyl groups is 1. The lowest BCUT2D eigenvalue weighted by molar-refractivity contribution is -0.146. The number of benzene rings is 1. The highest BCUT2D eigenvalue weighted by Gasteiger charge is 2.29. The topological polar surface area (TPSA) is 75.6 Å². The number of ether oxygens (including phenoxy) is 1. The van der Waals surface area contributed by atoms with E-state index in [1.54, 1.807) is 24.3 Å². The molecule has 0 fully saturated rings. The van der Waals surface area contributed by atoms with Gasteiger partial charge in [-0.05, 0) is 18.6 Å². The molecule has 0 radical (unpaired) electrons. The summed E-state index contributed by atoms with van der Waals surface area (Å²) in [5, 5.41) is 13.1. The number of methoxy groups -OCH3 is 1. The van der Waals surface area contributed by atoms with E-state index >= 15 is 0 Å². The monoisotopic (exact) mass is 433 g/mol. The van der Waals surface area contributed by atoms with Gasteiger partial charge in [0, 0.05) is 5.56 Å². The third-order valence-corrected chi connectivity index (χ3v) is 5.77. The Labute approximate surface area is 189 Å². The van der Waals surface area contributed by atoms with Crippen molar-refractivity contribution in [2.75, 3.05) is 7.11 Å². The maximum Gasteiger partial charge on any atom is 0.331 e. The molecule has 2 atom stereocenters. The largest absolute Gasteiger partial charge is 0.467 e. The van der Waals surface area contributed by atoms with E-state index in [1.807, 2.05) is 6.07 Å². The Hall–Kier alpha value is -1.88. The van der Waals surface area contributed by atoms with Gasteiger partial charge in [0.2, 0.25) is 0 Å². The SMILES string of the molecule is CCCCCCCCCCCCCCC[C@H](O)[C@@H](NC(=O)c1ccccc1)C(=O)OC. The number of hydrogen-bond acceptors (Lipinski definition) is 4. The highest BCUT2D eigenvalue weighted by molar-refractivity contribution is 5.96. The lowest BCUT2D eigenvalue weighted by Crippen LogP contribution is -2.49. The Morgan fingerprint density at radius 1 is 0.839 bits per heavy atom. The average molecular weight is 434 g/mol. The van der Waals surface area contributed by atoms with Crippen LogP contribution in [-0.4, -0.2) is 36.2 Å². The first-order chi connectivity index (χ1) is 15.1. The second-order valence-corrected chi connectivity index (χ2v) is 8.44. The summed E-state index contributed by atoms with van der Waals surface area (Å²) in [5.41, 5.74) is 0.449. The molecule has 0 aromatic heterocycles. The number of esters is 1. The molecular formula is C26H43NO4. The minimum atomic E-state index is -1.05. The Morgan fingerprint density at radius 2 is 1.32 bits per heavy atom. The minimum absolute atomic E-state index is 0.389. The Balaban J connectivity index is 2.17. The standard InChI is InChI=1S/C26H43NO4/c1-3-4-5-6-7-8-9-10-11-12-13-14-18-21-23(28)24(26(30)31-2)27-25(29)22-19-16-15-17-20-22/h15-17,19-20,23-24,28H,3-14,18,21H2,1-2H3,(H,27,29)/t23-,24+/m0/s1. The molecule has 1 amide bonds. The smallest absolute Gasteiger partial charge is 0.331 e. The van der Waals surface area contributed by atoms with Crippen molar-refractivity contribution in [2.24, 2.45) is 0 Å². The number of rotatable bonds is 18. The van der Waals surface area contributed by atoms with Gasteiger partial charge in [0.25, 0.3) is 5.91 Å². The number of carbonyl (C=O) groups is 2. The van der Waals surface area contributed by atoms with Crippen LogP contribution < -0.4 is 5.32 Å². The van der Waals surface area contributed by atoms with Crippen LogP contribution in [0, 0.1) is 0 Å². The summed E-state index contributed by atoms with van der Waals surface area (Å²) < 4.78 is 4.78. The third kappa shape index (κ3) is 12.5. The molecule has 0 unspecified atom stereocenters. The van der Waals surface area contributed by atoms with E-state index in [4.69, 9.17) is 4.74 Å². The predicted molar refractivity (Wildman–Crippen MR) is 126 cm³/mol. The van der Waals surface area contributed by atoms with Crippen LogP contribution in [0.15, 0.2) is 30.3 Å². The van der Waals surface area contributed by atoms with Crippen molar-refractivity contribution in [3.8, 4) is 0 Å². The van der Waals surface area contributed by atoms with Crippen LogP contribution in [0.2, 0.25) is 0 Å². The van der Waals surface area contributed by atoms with Crippen molar-refractivity contribution in [1.82, 2.24) is 5.32 Å². The number of nitrogens with one attached hydrogen (secondary N) is 1. The lowest BCUT2D eigenvalue weighted by atomic mass is 10.0. The molecule has 1 aromatic rings. The van der Waals surface area contributed by atoms with Crippen LogP contribution in [0.1, 0.15) is 107 Å². The van der Waals surface area contributed by atoms with Gasteiger partial charge in [-0.3, -0.25) is 4.79 Å². The van der Waals surface area contributed by atoms with Gasteiger partial charge < -0.3 is 15.2 Å². The van der Waals surface area contributed by atoms with Crippen molar-refractivity contribution in [3.05, 3.63) is 35.9 Å². The molecular weight excluding hydrogens is 390 g/mol. The lowest BCUT2D eigenvalue weighted by Gasteiger charge is -2.22. The van der Waals surface area contributed by atoms with Crippen molar-refractivity contribution >= 4 is 11.9 Å². The number of aliphatic hydroxyl groups excluding tert-OH is 1. The van der Waals surface area contributed by atoms with Gasteiger partial charge in [0.1, 0.15) is 0 Å². The van der Waals surface area contributed by atoms with Crippen LogP contribution >= 0.6 is 0 Å². The third-order valence-electron chi connectivity index (χ3n) is 5.77. The zero-order valence-electron chi connectivity index (χ0n) is 19.6. The first-order valence-corrected chi connectivity index (χ1v) is 12.2. The molecule has 0 heterocycles. The van der Waals surface area contributed by atoms with E-state index < -0.39 is 18.1 Å². The van der Waals surface area contributed by atoms with E-state index in [-0.39, 0.29) is 5.91 Å². The molecule has 0 spiro atoms. The van der Waals surface area contributed by atoms with Gasteiger partial charge in [-0.15, -0.1) is 0 Å². The van der Waals surface area contributed by atoms with E-state index in [2.05, 4.69) is 12.2 Å². The molecule has 0 aliphatic rings. The van der Waals surface area contributed by atoms with Gasteiger partial charge >= 0.3 is 5.97 Å². The summed E-state index contributed by atoms with van der Waals surface area (Å²) in [6.07, 6.45) is 15.8. The Kier molecular flexibility index (Phi) is 15.6. The van der Waals surface area contributed by atoms with E-state index in [0.29, 0.717) is 12.0 Å². The maximum atomic E-state index is 12.3. The van der Waals surface area contributed by atoms with Crippen LogP contribution in [0.4, 0.5) is 0 Å². The van der Waals surface area contributed by atoms with Gasteiger partial charge in [-0.2, -0.15) is 0 Å². The highest BCUT2D eigenvalue weighted by Crippen LogP contribution is 2.14. The van der Waals surface area contributed by atoms with Crippen LogP contribution in [0.3, 0.4) is 0 Å². The second-order valence-electron chi connectivity index (χ2n) is 8.44. The van der Waals surface area contributed by atoms with Crippen LogP contribution in [0.25, 0.3) is 0 Å². The summed E-state index contributed by atoms with van der Waals surface area (Å²) in [5.74, 6) is -1.01. The normalized spacial score (nSPS) is 12.9. The maximum absolute atomic E-state index is 12.3. The van der Waals surface area contributed by atoms with Gasteiger partial charge in [0.15, 0.2) is 6.04 Å². The van der Waals surface area contributed by atoms with Crippen molar-refractivity contribution in [1.29, 1.82) is 0 Å². The number of unbranched alkanes of at least 4 members (excludes halogenated alkanes) is 12. The fourth-order valence-electron chi connectivity index (χ4n) is 3.79. The zero-order chi connectivity index (χ0) is 22.7. The molecule has 0 aliphatic heterocycles. The minimum Gasteiger partial charge on any atom is -0.467 e. The summed E-state index contributed by atoms with van der Waals surface area (Å²) in [4.78, 5) is 24.4. The predicted octanol–water partition coefficient (Wildman–Crippen LogP) is 5.80. The molecule has 0 saturated carbocycles. The highest BCUT2D eigenvalue weighted by atomic mass is 16.5. The van der Waals surface area contributed by atoms with Crippen LogP contribution in [-0.2, 0) is 9.53 Å². The van der Waals surface area contributed by atoms with Crippen molar-refractivity contribution < 1.29 is 19.4 Å². The molecule has 5 nitrogen and oxygen atoms in total. The molecule has 2 N–H and O–H groups in total. The second kappa shape index (κ2) is 17.8. The molecule has 176 valence electrons. The first kappa shape index (κ1) is 27.2. The van der Waals surface area contributed by atoms with Crippen LogP contribution in [0.5, 0.6) is 0 Å². The fraction of sp³-hybridized carbons (Fsp3) is 0.692. The molecule has 0 saturated heterocycles. The first-order valence-electron chi connectivity index (χ1n) is 12.2. The van der Waals surface area contributed by atoms with E-state index in [9.17, 15) is 14.7 Å². The quantitative estimate of drug-likeness (QED) is 0.227. The molecule has 0 aliphatic carbocycles. The van der Waals surface area contributed by atoms with Crippen molar-refractivity contribution in [2.45, 2.75) is 109 Å². The molecule has 0 bridgehead atoms. The summed E-state index contributed by atoms with van der Waals surface area (Å²) in [6, 6.07) is 7.62. The molecule has 5 heteroatoms. The van der Waals surface area contributed by atoms with Gasteiger partial charge in [-0.25, -0.2) is 4.79 Å². The zero-order valence-corrected chi connectivity index (χ0v) is 19.6. The Bertz CT molecular complexity index is 590. The summed E-state index contributed by atoms with van der Waals surface area (Å²) in [6.45, 7) is 2.25. The molecule has 1 aromatic carbocycles. The summed E-state index contributed by atoms with van der Waals surface area (Å²) in [7, 11) is 1.27. The van der Waals surface area contributed by atoms with E-state index in [1.165, 1.54) is 71.3 Å². The molecule has 1 rings (SSSR count). The van der Waals surface area contributed by atoms with Gasteiger partial charge in [-0.1, -0.05) is 109 Å². The number of amides is 1. The fourth-order valence-corrected chi connectivity index (χ4v) is 3.79. The number of carbonyl (C=O) groups excluding carboxylic acids is 2. The Morgan fingerprint density at radius 3 is 1.81 bits per heavy atom. The summed E-state index contributed by atoms with van der Waals surface area (Å²) >= 11 is 0. The van der Waals surface area contributed by atoms with Crippen molar-refractivity contribution in [3.63, 3.8) is 0 Å². The van der Waals surface area contributed by atoms with E-state index in [0.717, 1.165) is 19.3 Å². The average Bonchev–Trinajstić information content (AvgIpc) is 2.80. The number of hydrogen-bond donors (Lipinski definition) is 2. The van der Waals surface area contributed by atoms with Gasteiger partial charge in [0.05, 0.1) is 13.2 Å². The molecule has 31 heavy (non-hydrogen) atoms.